The van der Waals surface area contributed by atoms with Gasteiger partial charge >= 0.3 is 0 Å². The fraction of sp³-hybridized carbons (Fsp3) is 0.364. The molecule has 0 spiro atoms. The third-order valence-electron chi connectivity index (χ3n) is 4.43. The number of aldehydes is 1. The van der Waals surface area contributed by atoms with Crippen LogP contribution < -0.4 is 10.3 Å². The predicted molar refractivity (Wildman–Crippen MR) is 129 cm³/mol. The predicted octanol–water partition coefficient (Wildman–Crippen LogP) is 4.46. The van der Waals surface area contributed by atoms with Gasteiger partial charge < -0.3 is 15.2 Å². The van der Waals surface area contributed by atoms with E-state index >= 15 is 0 Å². The topological polar surface area (TPSA) is 73.2 Å². The zero-order valence-electron chi connectivity index (χ0n) is 18.5. The maximum Gasteiger partial charge on any atom is 0.162 e. The third kappa shape index (κ3) is 6.00. The molecule has 160 valence electrons. The summed E-state index contributed by atoms with van der Waals surface area (Å²) in [4.78, 5) is 26.0. The van der Waals surface area contributed by atoms with E-state index in [4.69, 9.17) is 0 Å². The minimum Gasteiger partial charge on any atom is -0.377 e. The second-order valence-electron chi connectivity index (χ2n) is 7.07. The fourth-order valence-electron chi connectivity index (χ4n) is 2.76. The monoisotopic (exact) mass is 426 g/mol. The maximum atomic E-state index is 11.6. The van der Waals surface area contributed by atoms with E-state index in [0.29, 0.717) is 17.1 Å². The van der Waals surface area contributed by atoms with Crippen LogP contribution in [0.25, 0.3) is 10.2 Å². The van der Waals surface area contributed by atoms with Crippen LogP contribution in [0.2, 0.25) is 0 Å². The Morgan fingerprint density at radius 2 is 2.13 bits per heavy atom. The Labute approximate surface area is 182 Å². The number of aromatic nitrogens is 1. The molecule has 1 atom stereocenters. The van der Waals surface area contributed by atoms with Crippen molar-refractivity contribution in [3.05, 3.63) is 41.1 Å². The van der Waals surface area contributed by atoms with E-state index in [0.717, 1.165) is 27.9 Å². The molecule has 0 saturated carbocycles. The first-order chi connectivity index (χ1) is 14.4. The average molecular weight is 427 g/mol. The van der Waals surface area contributed by atoms with Crippen molar-refractivity contribution < 1.29 is 4.79 Å². The largest absolute Gasteiger partial charge is 0.377 e. The van der Waals surface area contributed by atoms with Crippen LogP contribution in [0, 0.1) is 5.92 Å². The summed E-state index contributed by atoms with van der Waals surface area (Å²) in [5.41, 5.74) is 5.66. The molecule has 0 saturated heterocycles. The Kier molecular flexibility index (Phi) is 8.73. The molecule has 0 aliphatic heterocycles. The SMILES string of the molecule is C/C=C\CN/N=C\C(C)/C=C(\C)N(C)C=Nc1c(C=O)sc2nccc(N(C)C)c12. The summed E-state index contributed by atoms with van der Waals surface area (Å²) in [6, 6.07) is 1.93. The fourth-order valence-corrected chi connectivity index (χ4v) is 3.68. The van der Waals surface area contributed by atoms with E-state index in [9.17, 15) is 4.79 Å². The second kappa shape index (κ2) is 11.3. The molecule has 0 fully saturated rings. The van der Waals surface area contributed by atoms with Gasteiger partial charge in [0.1, 0.15) is 4.83 Å². The quantitative estimate of drug-likeness (QED) is 0.152. The summed E-state index contributed by atoms with van der Waals surface area (Å²) in [5, 5.41) is 5.12. The van der Waals surface area contributed by atoms with Gasteiger partial charge in [0.25, 0.3) is 0 Å². The number of nitrogens with zero attached hydrogens (tertiary/aromatic N) is 5. The zero-order chi connectivity index (χ0) is 22.1. The number of fused-ring (bicyclic) bond motifs is 1. The van der Waals surface area contributed by atoms with E-state index in [1.807, 2.05) is 69.2 Å². The van der Waals surface area contributed by atoms with Gasteiger partial charge in [0.2, 0.25) is 0 Å². The van der Waals surface area contributed by atoms with Crippen LogP contribution in [0.15, 0.2) is 46.3 Å². The van der Waals surface area contributed by atoms with Gasteiger partial charge in [-0.2, -0.15) is 5.10 Å². The number of carbonyl (C=O) groups is 1. The van der Waals surface area contributed by atoms with Gasteiger partial charge in [-0.25, -0.2) is 9.98 Å². The number of thiophene rings is 1. The lowest BCUT2D eigenvalue weighted by Gasteiger charge is -2.16. The molecule has 0 aliphatic rings. The molecule has 0 amide bonds. The van der Waals surface area contributed by atoms with Gasteiger partial charge in [0, 0.05) is 45.2 Å². The van der Waals surface area contributed by atoms with E-state index in [-0.39, 0.29) is 5.92 Å². The van der Waals surface area contributed by atoms with Crippen molar-refractivity contribution >= 4 is 51.8 Å². The van der Waals surface area contributed by atoms with Gasteiger partial charge in [0.15, 0.2) is 6.29 Å². The van der Waals surface area contributed by atoms with E-state index in [1.54, 1.807) is 12.5 Å². The Morgan fingerprint density at radius 1 is 1.37 bits per heavy atom. The van der Waals surface area contributed by atoms with Gasteiger partial charge in [-0.05, 0) is 19.9 Å². The summed E-state index contributed by atoms with van der Waals surface area (Å²) >= 11 is 1.36. The van der Waals surface area contributed by atoms with Crippen molar-refractivity contribution in [2.75, 3.05) is 32.6 Å². The summed E-state index contributed by atoms with van der Waals surface area (Å²) in [6.45, 7) is 6.78. The van der Waals surface area contributed by atoms with Crippen LogP contribution in [0.5, 0.6) is 0 Å². The highest BCUT2D eigenvalue weighted by atomic mass is 32.1. The number of anilines is 1. The molecule has 8 heteroatoms. The van der Waals surface area contributed by atoms with Gasteiger partial charge in [-0.3, -0.25) is 4.79 Å². The molecule has 7 nitrogen and oxygen atoms in total. The first-order valence-corrected chi connectivity index (χ1v) is 10.6. The van der Waals surface area contributed by atoms with Crippen molar-refractivity contribution in [1.82, 2.24) is 15.3 Å². The Hall–Kier alpha value is -3.00. The highest BCUT2D eigenvalue weighted by Gasteiger charge is 2.16. The van der Waals surface area contributed by atoms with Crippen molar-refractivity contribution in [2.45, 2.75) is 20.8 Å². The van der Waals surface area contributed by atoms with Crippen LogP contribution in [0.4, 0.5) is 11.4 Å². The summed E-state index contributed by atoms with van der Waals surface area (Å²) < 4.78 is 0. The van der Waals surface area contributed by atoms with Crippen molar-refractivity contribution in [3.63, 3.8) is 0 Å². The highest BCUT2D eigenvalue weighted by Crippen LogP contribution is 2.40. The lowest BCUT2D eigenvalue weighted by Crippen LogP contribution is -2.15. The van der Waals surface area contributed by atoms with Crippen LogP contribution >= 0.6 is 11.3 Å². The molecule has 0 aromatic carbocycles. The first kappa shape index (κ1) is 23.3. The maximum absolute atomic E-state index is 11.6. The van der Waals surface area contributed by atoms with Crippen LogP contribution in [0.3, 0.4) is 0 Å². The lowest BCUT2D eigenvalue weighted by atomic mass is 10.1. The van der Waals surface area contributed by atoms with E-state index in [1.165, 1.54) is 11.3 Å². The molecule has 30 heavy (non-hydrogen) atoms. The van der Waals surface area contributed by atoms with Crippen molar-refractivity contribution in [1.29, 1.82) is 0 Å². The van der Waals surface area contributed by atoms with Crippen LogP contribution in [0.1, 0.15) is 30.4 Å². The normalized spacial score (nSPS) is 13.6. The molecule has 2 aromatic heterocycles. The molecule has 0 bridgehead atoms. The number of nitrogens with one attached hydrogen (secondary N) is 1. The Morgan fingerprint density at radius 3 is 2.80 bits per heavy atom. The number of allylic oxidation sites excluding steroid dienone is 3. The molecular formula is C22H30N6OS. The molecule has 2 aromatic rings. The number of hydrogen-bond acceptors (Lipinski definition) is 7. The first-order valence-electron chi connectivity index (χ1n) is 9.75. The third-order valence-corrected chi connectivity index (χ3v) is 5.44. The van der Waals surface area contributed by atoms with E-state index < -0.39 is 0 Å². The van der Waals surface area contributed by atoms with Crippen molar-refractivity contribution in [3.8, 4) is 0 Å². The minimum atomic E-state index is 0.163. The van der Waals surface area contributed by atoms with Gasteiger partial charge in [-0.15, -0.1) is 11.3 Å². The van der Waals surface area contributed by atoms with Gasteiger partial charge in [-0.1, -0.05) is 25.2 Å². The number of rotatable bonds is 10. The number of pyridine rings is 1. The Bertz CT molecular complexity index is 973. The van der Waals surface area contributed by atoms with Gasteiger partial charge in [0.05, 0.1) is 34.5 Å². The van der Waals surface area contributed by atoms with E-state index in [2.05, 4.69) is 33.5 Å². The zero-order valence-corrected chi connectivity index (χ0v) is 19.3. The van der Waals surface area contributed by atoms with Crippen molar-refractivity contribution in [2.24, 2.45) is 16.0 Å². The average Bonchev–Trinajstić information content (AvgIpc) is 3.09. The smallest absolute Gasteiger partial charge is 0.162 e. The molecule has 1 unspecified atom stereocenters. The lowest BCUT2D eigenvalue weighted by molar-refractivity contribution is 0.112. The molecule has 0 radical (unpaired) electrons. The summed E-state index contributed by atoms with van der Waals surface area (Å²) in [5.74, 6) is 0.163. The van der Waals surface area contributed by atoms with Crippen LogP contribution in [-0.2, 0) is 0 Å². The minimum absolute atomic E-state index is 0.163. The number of hydrogen-bond donors (Lipinski definition) is 1. The molecule has 2 heterocycles. The highest BCUT2D eigenvalue weighted by molar-refractivity contribution is 7.21. The Balaban J connectivity index is 2.22. The van der Waals surface area contributed by atoms with Crippen LogP contribution in [-0.4, -0.2) is 56.4 Å². The second-order valence-corrected chi connectivity index (χ2v) is 8.10. The number of aliphatic imine (C=N–C) groups is 1. The number of carbonyl (C=O) groups excluding carboxylic acids is 1. The molecular weight excluding hydrogens is 396 g/mol. The molecule has 1 N–H and O–H groups in total. The number of hydrazone groups is 1. The summed E-state index contributed by atoms with van der Waals surface area (Å²) in [6.07, 6.45) is 12.3. The molecule has 0 aliphatic carbocycles. The standard InChI is InChI=1S/C22H30N6OS/c1-7-8-10-25-26-13-16(2)12-17(3)28(6)15-24-21-19(14-29)30-22-20(21)18(27(4)5)9-11-23-22/h7-9,11-16,25H,10H2,1-6H3/b8-7-,17-12+,24-15?,26-13-. The molecule has 2 rings (SSSR count). The summed E-state index contributed by atoms with van der Waals surface area (Å²) in [7, 11) is 5.87.